The zero-order valence-corrected chi connectivity index (χ0v) is 13.7. The van der Waals surface area contributed by atoms with Crippen LogP contribution in [0.2, 0.25) is 0 Å². The zero-order valence-electron chi connectivity index (χ0n) is 13.7. The molecular weight excluding hydrogens is 280 g/mol. The predicted molar refractivity (Wildman–Crippen MR) is 85.6 cm³/mol. The van der Waals surface area contributed by atoms with Gasteiger partial charge in [-0.3, -0.25) is 9.59 Å². The van der Waals surface area contributed by atoms with E-state index < -0.39 is 5.97 Å². The van der Waals surface area contributed by atoms with Gasteiger partial charge in [-0.15, -0.1) is 0 Å². The van der Waals surface area contributed by atoms with Crippen molar-refractivity contribution in [2.24, 2.45) is 11.8 Å². The number of nitrogens with one attached hydrogen (secondary N) is 1. The molecule has 2 rings (SSSR count). The normalized spacial score (nSPS) is 26.3. The molecule has 1 heterocycles. The number of amides is 1. The van der Waals surface area contributed by atoms with Gasteiger partial charge in [0.25, 0.3) is 0 Å². The summed E-state index contributed by atoms with van der Waals surface area (Å²) in [4.78, 5) is 25.1. The molecule has 2 unspecified atom stereocenters. The molecule has 5 heteroatoms. The summed E-state index contributed by atoms with van der Waals surface area (Å²) in [6.07, 6.45) is 7.72. The number of hydrogen-bond donors (Lipinski definition) is 2. The highest BCUT2D eigenvalue weighted by Gasteiger charge is 2.31. The number of likely N-dealkylation sites (tertiary alicyclic amines) is 1. The van der Waals surface area contributed by atoms with Crippen LogP contribution in [0, 0.1) is 11.8 Å². The molecule has 2 fully saturated rings. The van der Waals surface area contributed by atoms with E-state index in [-0.39, 0.29) is 24.3 Å². The minimum absolute atomic E-state index is 0.0770. The monoisotopic (exact) mass is 310 g/mol. The van der Waals surface area contributed by atoms with Gasteiger partial charge in [-0.25, -0.2) is 0 Å². The Balaban J connectivity index is 1.88. The highest BCUT2D eigenvalue weighted by Crippen LogP contribution is 2.25. The van der Waals surface area contributed by atoms with E-state index in [0.29, 0.717) is 13.0 Å². The van der Waals surface area contributed by atoms with E-state index in [1.165, 1.54) is 25.7 Å². The summed E-state index contributed by atoms with van der Waals surface area (Å²) >= 11 is 0. The summed E-state index contributed by atoms with van der Waals surface area (Å²) in [5.41, 5.74) is 0. The molecule has 2 aliphatic rings. The topological polar surface area (TPSA) is 69.6 Å². The largest absolute Gasteiger partial charge is 0.481 e. The van der Waals surface area contributed by atoms with Gasteiger partial charge in [-0.2, -0.15) is 0 Å². The molecule has 1 aliphatic carbocycles. The van der Waals surface area contributed by atoms with Crippen LogP contribution in [0.25, 0.3) is 0 Å². The number of nitrogens with zero attached hydrogens (tertiary/aromatic N) is 1. The first-order chi connectivity index (χ1) is 10.6. The van der Waals surface area contributed by atoms with E-state index >= 15 is 0 Å². The third-order valence-electron chi connectivity index (χ3n) is 4.99. The van der Waals surface area contributed by atoms with Gasteiger partial charge in [0.1, 0.15) is 0 Å². The maximum atomic E-state index is 12.2. The lowest BCUT2D eigenvalue weighted by molar-refractivity contribution is -0.141. The van der Waals surface area contributed by atoms with Crippen LogP contribution in [0.5, 0.6) is 0 Å². The molecule has 0 radical (unpaired) electrons. The third-order valence-corrected chi connectivity index (χ3v) is 4.99. The Labute approximate surface area is 133 Å². The second kappa shape index (κ2) is 8.51. The standard InChI is InChI=1S/C17H30N2O3/c1-2-5-16(20)19-11-14(9-17(21)22)8-15(12-19)18-10-13-6-3-4-7-13/h13-15,18H,2-12H2,1H3,(H,21,22). The second-order valence-electron chi connectivity index (χ2n) is 7.00. The molecule has 22 heavy (non-hydrogen) atoms. The molecule has 1 saturated carbocycles. The van der Waals surface area contributed by atoms with Crippen LogP contribution in [0.4, 0.5) is 0 Å². The maximum absolute atomic E-state index is 12.2. The Bertz CT molecular complexity index is 380. The van der Waals surface area contributed by atoms with Crippen LogP contribution in [0.15, 0.2) is 0 Å². The number of carbonyl (C=O) groups excluding carboxylic acids is 1. The molecule has 0 aromatic rings. The van der Waals surface area contributed by atoms with E-state index in [1.54, 1.807) is 0 Å². The number of piperidine rings is 1. The molecule has 0 bridgehead atoms. The Morgan fingerprint density at radius 1 is 1.18 bits per heavy atom. The van der Waals surface area contributed by atoms with Gasteiger partial charge in [0.05, 0.1) is 0 Å². The predicted octanol–water partition coefficient (Wildman–Crippen LogP) is 2.26. The summed E-state index contributed by atoms with van der Waals surface area (Å²) in [5.74, 6) is 0.252. The van der Waals surface area contributed by atoms with Crippen molar-refractivity contribution in [2.75, 3.05) is 19.6 Å². The van der Waals surface area contributed by atoms with Gasteiger partial charge >= 0.3 is 5.97 Å². The molecule has 2 atom stereocenters. The Hall–Kier alpha value is -1.10. The first kappa shape index (κ1) is 17.3. The molecular formula is C17H30N2O3. The van der Waals surface area contributed by atoms with Gasteiger partial charge in [0.2, 0.25) is 5.91 Å². The first-order valence-electron chi connectivity index (χ1n) is 8.81. The fourth-order valence-corrected chi connectivity index (χ4v) is 3.87. The van der Waals surface area contributed by atoms with Crippen molar-refractivity contribution in [3.63, 3.8) is 0 Å². The fraction of sp³-hybridized carbons (Fsp3) is 0.882. The van der Waals surface area contributed by atoms with Crippen molar-refractivity contribution < 1.29 is 14.7 Å². The number of rotatable bonds is 7. The summed E-state index contributed by atoms with van der Waals surface area (Å²) in [5, 5.41) is 12.7. The summed E-state index contributed by atoms with van der Waals surface area (Å²) in [7, 11) is 0. The Kier molecular flexibility index (Phi) is 6.68. The van der Waals surface area contributed by atoms with E-state index in [4.69, 9.17) is 5.11 Å². The molecule has 126 valence electrons. The van der Waals surface area contributed by atoms with Gasteiger partial charge in [0, 0.05) is 32.0 Å². The SMILES string of the molecule is CCCC(=O)N1CC(CC(=O)O)CC(NCC2CCCC2)C1. The molecule has 5 nitrogen and oxygen atoms in total. The lowest BCUT2D eigenvalue weighted by Crippen LogP contribution is -2.52. The van der Waals surface area contributed by atoms with Crippen LogP contribution in [0.3, 0.4) is 0 Å². The second-order valence-corrected chi connectivity index (χ2v) is 7.00. The van der Waals surface area contributed by atoms with Crippen molar-refractivity contribution in [3.05, 3.63) is 0 Å². The third kappa shape index (κ3) is 5.27. The van der Waals surface area contributed by atoms with Crippen LogP contribution >= 0.6 is 0 Å². The number of aliphatic carboxylic acids is 1. The summed E-state index contributed by atoms with van der Waals surface area (Å²) < 4.78 is 0. The quantitative estimate of drug-likeness (QED) is 0.757. The molecule has 1 amide bonds. The number of carbonyl (C=O) groups is 2. The smallest absolute Gasteiger partial charge is 0.303 e. The first-order valence-corrected chi connectivity index (χ1v) is 8.81. The van der Waals surface area contributed by atoms with Gasteiger partial charge in [-0.1, -0.05) is 19.8 Å². The number of carboxylic acid groups (broad SMARTS) is 1. The van der Waals surface area contributed by atoms with Crippen molar-refractivity contribution in [1.29, 1.82) is 0 Å². The molecule has 0 spiro atoms. The zero-order chi connectivity index (χ0) is 15.9. The molecule has 0 aromatic carbocycles. The van der Waals surface area contributed by atoms with Gasteiger partial charge in [-0.05, 0) is 44.1 Å². The highest BCUT2D eigenvalue weighted by molar-refractivity contribution is 5.76. The molecule has 1 saturated heterocycles. The van der Waals surface area contributed by atoms with Crippen LogP contribution in [-0.4, -0.2) is 47.6 Å². The van der Waals surface area contributed by atoms with E-state index in [2.05, 4.69) is 5.32 Å². The Morgan fingerprint density at radius 3 is 2.55 bits per heavy atom. The molecule has 2 N–H and O–H groups in total. The number of hydrogen-bond acceptors (Lipinski definition) is 3. The van der Waals surface area contributed by atoms with Crippen LogP contribution in [-0.2, 0) is 9.59 Å². The van der Waals surface area contributed by atoms with Gasteiger partial charge < -0.3 is 15.3 Å². The van der Waals surface area contributed by atoms with Crippen LogP contribution < -0.4 is 5.32 Å². The minimum atomic E-state index is -0.760. The minimum Gasteiger partial charge on any atom is -0.481 e. The lowest BCUT2D eigenvalue weighted by Gasteiger charge is -2.38. The lowest BCUT2D eigenvalue weighted by atomic mass is 9.90. The fourth-order valence-electron chi connectivity index (χ4n) is 3.87. The highest BCUT2D eigenvalue weighted by atomic mass is 16.4. The van der Waals surface area contributed by atoms with E-state index in [1.807, 2.05) is 11.8 Å². The van der Waals surface area contributed by atoms with Crippen LogP contribution in [0.1, 0.15) is 58.3 Å². The molecule has 1 aliphatic heterocycles. The van der Waals surface area contributed by atoms with E-state index in [9.17, 15) is 9.59 Å². The number of carboxylic acids is 1. The van der Waals surface area contributed by atoms with Crippen molar-refractivity contribution in [3.8, 4) is 0 Å². The maximum Gasteiger partial charge on any atom is 0.303 e. The van der Waals surface area contributed by atoms with Crippen molar-refractivity contribution >= 4 is 11.9 Å². The summed E-state index contributed by atoms with van der Waals surface area (Å²) in [6, 6.07) is 0.250. The van der Waals surface area contributed by atoms with Crippen molar-refractivity contribution in [1.82, 2.24) is 10.2 Å². The average Bonchev–Trinajstić information content (AvgIpc) is 2.98. The van der Waals surface area contributed by atoms with Gasteiger partial charge in [0.15, 0.2) is 0 Å². The van der Waals surface area contributed by atoms with Crippen molar-refractivity contribution in [2.45, 2.75) is 64.3 Å². The molecule has 0 aromatic heterocycles. The summed E-state index contributed by atoms with van der Waals surface area (Å²) in [6.45, 7) is 4.36. The van der Waals surface area contributed by atoms with E-state index in [0.717, 1.165) is 31.8 Å². The average molecular weight is 310 g/mol. The Morgan fingerprint density at radius 2 is 1.91 bits per heavy atom.